The highest BCUT2D eigenvalue weighted by atomic mass is 32.2. The number of nitrogens with zero attached hydrogens (tertiary/aromatic N) is 1. The number of halogens is 3. The first kappa shape index (κ1) is 14.8. The van der Waals surface area contributed by atoms with Gasteiger partial charge in [-0.05, 0) is 24.8 Å². The van der Waals surface area contributed by atoms with E-state index in [1.165, 1.54) is 0 Å². The van der Waals surface area contributed by atoms with Crippen LogP contribution < -0.4 is 0 Å². The lowest BCUT2D eigenvalue weighted by Crippen LogP contribution is -2.46. The van der Waals surface area contributed by atoms with E-state index in [1.807, 2.05) is 0 Å². The molecule has 116 valence electrons. The summed E-state index contributed by atoms with van der Waals surface area (Å²) < 4.78 is 71.2. The van der Waals surface area contributed by atoms with E-state index in [9.17, 15) is 21.6 Å². The van der Waals surface area contributed by atoms with Gasteiger partial charge in [-0.25, -0.2) is 21.6 Å². The van der Waals surface area contributed by atoms with Crippen molar-refractivity contribution in [3.8, 4) is 0 Å². The second kappa shape index (κ2) is 5.26. The van der Waals surface area contributed by atoms with Crippen molar-refractivity contribution < 1.29 is 26.3 Å². The van der Waals surface area contributed by atoms with Crippen LogP contribution in [0.25, 0.3) is 0 Å². The Labute approximate surface area is 120 Å². The maximum absolute atomic E-state index is 13.7. The minimum absolute atomic E-state index is 0.0734. The van der Waals surface area contributed by atoms with Crippen LogP contribution in [-0.2, 0) is 14.8 Å². The molecule has 21 heavy (non-hydrogen) atoms. The number of rotatable bonds is 3. The fraction of sp³-hybridized carbons (Fsp3) is 0.538. The van der Waals surface area contributed by atoms with Crippen LogP contribution >= 0.6 is 0 Å². The number of ether oxygens (including phenoxy) is 1. The molecule has 0 bridgehead atoms. The first-order valence-electron chi connectivity index (χ1n) is 6.66. The van der Waals surface area contributed by atoms with Crippen LogP contribution in [0.15, 0.2) is 17.0 Å². The van der Waals surface area contributed by atoms with Crippen LogP contribution in [0.4, 0.5) is 13.2 Å². The smallest absolute Gasteiger partial charge is 0.246 e. The van der Waals surface area contributed by atoms with Gasteiger partial charge in [-0.2, -0.15) is 4.31 Å². The van der Waals surface area contributed by atoms with E-state index in [0.29, 0.717) is 12.0 Å². The molecule has 2 aliphatic rings. The zero-order valence-corrected chi connectivity index (χ0v) is 11.9. The van der Waals surface area contributed by atoms with Crippen molar-refractivity contribution in [2.45, 2.75) is 23.8 Å². The van der Waals surface area contributed by atoms with Crippen molar-refractivity contribution in [3.63, 3.8) is 0 Å². The quantitative estimate of drug-likeness (QED) is 0.799. The minimum atomic E-state index is -4.20. The molecule has 3 rings (SSSR count). The van der Waals surface area contributed by atoms with Gasteiger partial charge in [0, 0.05) is 19.2 Å². The molecule has 1 aromatic carbocycles. The molecule has 1 aliphatic carbocycles. The second-order valence-electron chi connectivity index (χ2n) is 5.31. The number of hydrogen-bond donors (Lipinski definition) is 0. The molecule has 2 fully saturated rings. The van der Waals surface area contributed by atoms with Crippen molar-refractivity contribution in [1.29, 1.82) is 0 Å². The summed E-state index contributed by atoms with van der Waals surface area (Å²) in [6, 6.07) is 0.641. The zero-order valence-electron chi connectivity index (χ0n) is 11.1. The molecule has 1 aromatic rings. The van der Waals surface area contributed by atoms with Crippen molar-refractivity contribution >= 4 is 10.0 Å². The van der Waals surface area contributed by atoms with E-state index in [0.717, 1.165) is 17.1 Å². The van der Waals surface area contributed by atoms with Crippen LogP contribution in [-0.4, -0.2) is 38.5 Å². The molecule has 4 nitrogen and oxygen atoms in total. The lowest BCUT2D eigenvalue weighted by atomic mass is 10.2. The zero-order chi connectivity index (χ0) is 15.2. The molecule has 8 heteroatoms. The molecule has 0 radical (unpaired) electrons. The molecule has 0 aromatic heterocycles. The largest absolute Gasteiger partial charge is 0.375 e. The Bertz CT molecular complexity index is 661. The average molecular weight is 321 g/mol. The van der Waals surface area contributed by atoms with Crippen molar-refractivity contribution in [2.75, 3.05) is 19.7 Å². The van der Waals surface area contributed by atoms with Crippen LogP contribution in [0, 0.1) is 23.4 Å². The fourth-order valence-corrected chi connectivity index (χ4v) is 3.96. The van der Waals surface area contributed by atoms with Gasteiger partial charge in [-0.1, -0.05) is 0 Å². The molecule has 0 amide bonds. The molecule has 1 heterocycles. The molecule has 1 atom stereocenters. The Morgan fingerprint density at radius 3 is 2.43 bits per heavy atom. The second-order valence-corrected chi connectivity index (χ2v) is 7.21. The van der Waals surface area contributed by atoms with E-state index < -0.39 is 32.4 Å². The van der Waals surface area contributed by atoms with Crippen LogP contribution in [0.2, 0.25) is 0 Å². The topological polar surface area (TPSA) is 46.6 Å². The van der Waals surface area contributed by atoms with Gasteiger partial charge < -0.3 is 4.74 Å². The van der Waals surface area contributed by atoms with Gasteiger partial charge in [0.25, 0.3) is 0 Å². The Morgan fingerprint density at radius 2 is 1.76 bits per heavy atom. The van der Waals surface area contributed by atoms with Crippen molar-refractivity contribution in [2.24, 2.45) is 5.92 Å². The van der Waals surface area contributed by atoms with Gasteiger partial charge in [0.2, 0.25) is 10.0 Å². The Hall–Kier alpha value is -1.12. The highest BCUT2D eigenvalue weighted by Gasteiger charge is 2.39. The Kier molecular flexibility index (Phi) is 3.71. The molecular formula is C13H14F3NO3S. The molecule has 0 unspecified atom stereocenters. The Balaban J connectivity index is 1.90. The number of benzene rings is 1. The number of hydrogen-bond acceptors (Lipinski definition) is 3. The summed E-state index contributed by atoms with van der Waals surface area (Å²) >= 11 is 0. The highest BCUT2D eigenvalue weighted by Crippen LogP contribution is 2.36. The van der Waals surface area contributed by atoms with Crippen molar-refractivity contribution in [3.05, 3.63) is 29.6 Å². The summed E-state index contributed by atoms with van der Waals surface area (Å²) in [5.41, 5.74) is 0. The summed E-state index contributed by atoms with van der Waals surface area (Å²) in [6.07, 6.45) is 1.76. The van der Waals surface area contributed by atoms with E-state index in [4.69, 9.17) is 4.74 Å². The minimum Gasteiger partial charge on any atom is -0.375 e. The van der Waals surface area contributed by atoms with Crippen LogP contribution in [0.1, 0.15) is 12.8 Å². The van der Waals surface area contributed by atoms with Crippen LogP contribution in [0.5, 0.6) is 0 Å². The standard InChI is InChI=1S/C13H14F3NO3S/c14-9-5-11(16)13(6-10(9)15)21(18,19)17-3-4-20-12(7-17)8-1-2-8/h5-6,8,12H,1-4,7H2/t12-/m1/s1. The number of morpholine rings is 1. The molecule has 1 saturated heterocycles. The van der Waals surface area contributed by atoms with Gasteiger partial charge in [-0.3, -0.25) is 0 Å². The third kappa shape index (κ3) is 2.79. The summed E-state index contributed by atoms with van der Waals surface area (Å²) in [4.78, 5) is -0.835. The first-order chi connectivity index (χ1) is 9.89. The summed E-state index contributed by atoms with van der Waals surface area (Å²) in [6.45, 7) is 0.404. The summed E-state index contributed by atoms with van der Waals surface area (Å²) in [5.74, 6) is -3.76. The number of sulfonamides is 1. The van der Waals surface area contributed by atoms with Crippen molar-refractivity contribution in [1.82, 2.24) is 4.31 Å². The van der Waals surface area contributed by atoms with E-state index >= 15 is 0 Å². The van der Waals surface area contributed by atoms with E-state index in [2.05, 4.69) is 0 Å². The SMILES string of the molecule is O=S(=O)(c1cc(F)c(F)cc1F)N1CCO[C@@H](C2CC2)C1. The predicted octanol–water partition coefficient (Wildman–Crippen LogP) is 1.90. The fourth-order valence-electron chi connectivity index (χ4n) is 2.46. The normalized spacial score (nSPS) is 24.2. The third-order valence-corrected chi connectivity index (χ3v) is 5.68. The highest BCUT2D eigenvalue weighted by molar-refractivity contribution is 7.89. The molecule has 0 spiro atoms. The summed E-state index contributed by atoms with van der Waals surface area (Å²) in [7, 11) is -4.20. The van der Waals surface area contributed by atoms with E-state index in [1.54, 1.807) is 0 Å². The lowest BCUT2D eigenvalue weighted by molar-refractivity contribution is -0.0135. The molecular weight excluding hydrogens is 307 g/mol. The van der Waals surface area contributed by atoms with Gasteiger partial charge in [0.15, 0.2) is 11.6 Å². The van der Waals surface area contributed by atoms with Gasteiger partial charge >= 0.3 is 0 Å². The van der Waals surface area contributed by atoms with Gasteiger partial charge in [0.1, 0.15) is 10.7 Å². The lowest BCUT2D eigenvalue weighted by Gasteiger charge is -2.32. The van der Waals surface area contributed by atoms with Gasteiger partial charge in [0.05, 0.1) is 12.7 Å². The third-order valence-electron chi connectivity index (χ3n) is 3.80. The van der Waals surface area contributed by atoms with Gasteiger partial charge in [-0.15, -0.1) is 0 Å². The summed E-state index contributed by atoms with van der Waals surface area (Å²) in [5, 5.41) is 0. The average Bonchev–Trinajstić information content (AvgIpc) is 3.27. The maximum Gasteiger partial charge on any atom is 0.246 e. The molecule has 1 aliphatic heterocycles. The molecule has 1 saturated carbocycles. The van der Waals surface area contributed by atoms with Crippen LogP contribution in [0.3, 0.4) is 0 Å². The van der Waals surface area contributed by atoms with E-state index in [-0.39, 0.29) is 31.9 Å². The monoisotopic (exact) mass is 321 g/mol. The predicted molar refractivity (Wildman–Crippen MR) is 67.5 cm³/mol. The maximum atomic E-state index is 13.7. The molecule has 0 N–H and O–H groups in total. The first-order valence-corrected chi connectivity index (χ1v) is 8.10. The Morgan fingerprint density at radius 1 is 1.10 bits per heavy atom.